The van der Waals surface area contributed by atoms with Crippen LogP contribution in [-0.2, 0) is 0 Å². The fourth-order valence-electron chi connectivity index (χ4n) is 1.38. The Bertz CT molecular complexity index is 191. The van der Waals surface area contributed by atoms with E-state index >= 15 is 0 Å². The second kappa shape index (κ2) is 3.99. The highest BCUT2D eigenvalue weighted by Gasteiger charge is 2.16. The van der Waals surface area contributed by atoms with Crippen LogP contribution >= 0.6 is 0 Å². The van der Waals surface area contributed by atoms with Gasteiger partial charge in [0.05, 0.1) is 0 Å². The summed E-state index contributed by atoms with van der Waals surface area (Å²) in [6.07, 6.45) is 6.12. The minimum absolute atomic E-state index is 0.0810. The smallest absolute Gasteiger partial charge is 0.313 e. The minimum Gasteiger partial charge on any atom is -0.358 e. The standard InChI is InChI=1S/C8H15N3O/c1-2-11-6-4-3-5-7(11)10-8(9)12/h4,6-7H,2-3,5H2,1H3,(H3,9,10,12). The van der Waals surface area contributed by atoms with Crippen molar-refractivity contribution in [3.63, 3.8) is 0 Å². The Hall–Kier alpha value is -1.19. The molecule has 1 rings (SSSR count). The molecule has 0 radical (unpaired) electrons. The third-order valence-electron chi connectivity index (χ3n) is 1.98. The van der Waals surface area contributed by atoms with Gasteiger partial charge < -0.3 is 16.0 Å². The third kappa shape index (κ3) is 2.15. The molecule has 0 bridgehead atoms. The maximum atomic E-state index is 10.6. The normalized spacial score (nSPS) is 22.4. The first-order valence-corrected chi connectivity index (χ1v) is 4.22. The molecule has 1 unspecified atom stereocenters. The molecule has 1 heterocycles. The van der Waals surface area contributed by atoms with E-state index in [2.05, 4.69) is 16.3 Å². The number of nitrogens with one attached hydrogen (secondary N) is 1. The molecule has 0 aromatic rings. The number of urea groups is 1. The lowest BCUT2D eigenvalue weighted by Gasteiger charge is -2.32. The molecule has 2 amide bonds. The van der Waals surface area contributed by atoms with Gasteiger partial charge in [-0.15, -0.1) is 0 Å². The van der Waals surface area contributed by atoms with Crippen LogP contribution in [-0.4, -0.2) is 23.6 Å². The van der Waals surface area contributed by atoms with E-state index < -0.39 is 6.03 Å². The van der Waals surface area contributed by atoms with Crippen LogP contribution in [0.15, 0.2) is 12.3 Å². The Morgan fingerprint density at radius 2 is 2.58 bits per heavy atom. The van der Waals surface area contributed by atoms with Crippen LogP contribution in [0.3, 0.4) is 0 Å². The number of carbonyl (C=O) groups is 1. The predicted molar refractivity (Wildman–Crippen MR) is 47.3 cm³/mol. The molecule has 0 fully saturated rings. The Labute approximate surface area is 72.4 Å². The average Bonchev–Trinajstić information content (AvgIpc) is 2.04. The summed E-state index contributed by atoms with van der Waals surface area (Å²) in [5.74, 6) is 0. The summed E-state index contributed by atoms with van der Waals surface area (Å²) in [6, 6.07) is -0.450. The zero-order valence-corrected chi connectivity index (χ0v) is 7.29. The zero-order chi connectivity index (χ0) is 8.97. The summed E-state index contributed by atoms with van der Waals surface area (Å²) in [7, 11) is 0. The maximum absolute atomic E-state index is 10.6. The summed E-state index contributed by atoms with van der Waals surface area (Å²) in [4.78, 5) is 12.7. The lowest BCUT2D eigenvalue weighted by Crippen LogP contribution is -2.48. The summed E-state index contributed by atoms with van der Waals surface area (Å²) in [5, 5.41) is 2.70. The van der Waals surface area contributed by atoms with E-state index in [9.17, 15) is 4.79 Å². The summed E-state index contributed by atoms with van der Waals surface area (Å²) >= 11 is 0. The van der Waals surface area contributed by atoms with E-state index in [1.807, 2.05) is 13.1 Å². The Morgan fingerprint density at radius 1 is 1.83 bits per heavy atom. The van der Waals surface area contributed by atoms with E-state index in [0.717, 1.165) is 19.4 Å². The van der Waals surface area contributed by atoms with Crippen molar-refractivity contribution in [1.82, 2.24) is 10.2 Å². The number of nitrogens with two attached hydrogens (primary N) is 1. The van der Waals surface area contributed by atoms with E-state index in [1.54, 1.807) is 0 Å². The van der Waals surface area contributed by atoms with Gasteiger partial charge in [0.15, 0.2) is 0 Å². The molecule has 0 spiro atoms. The molecule has 1 atom stereocenters. The molecule has 0 aromatic heterocycles. The largest absolute Gasteiger partial charge is 0.358 e. The van der Waals surface area contributed by atoms with E-state index in [-0.39, 0.29) is 6.17 Å². The molecular weight excluding hydrogens is 154 g/mol. The monoisotopic (exact) mass is 169 g/mol. The molecule has 0 saturated heterocycles. The van der Waals surface area contributed by atoms with Crippen LogP contribution in [0, 0.1) is 0 Å². The van der Waals surface area contributed by atoms with Gasteiger partial charge in [-0.25, -0.2) is 4.79 Å². The van der Waals surface area contributed by atoms with E-state index in [0.29, 0.717) is 0 Å². The fraction of sp³-hybridized carbons (Fsp3) is 0.625. The quantitative estimate of drug-likeness (QED) is 0.636. The van der Waals surface area contributed by atoms with Gasteiger partial charge in [-0.3, -0.25) is 0 Å². The molecule has 3 N–H and O–H groups in total. The van der Waals surface area contributed by atoms with Crippen molar-refractivity contribution in [3.8, 4) is 0 Å². The average molecular weight is 169 g/mol. The Morgan fingerprint density at radius 3 is 3.17 bits per heavy atom. The lowest BCUT2D eigenvalue weighted by molar-refractivity contribution is 0.205. The van der Waals surface area contributed by atoms with Crippen molar-refractivity contribution in [2.24, 2.45) is 5.73 Å². The topological polar surface area (TPSA) is 58.4 Å². The van der Waals surface area contributed by atoms with Gasteiger partial charge in [0.2, 0.25) is 0 Å². The van der Waals surface area contributed by atoms with Gasteiger partial charge >= 0.3 is 6.03 Å². The highest BCUT2D eigenvalue weighted by Crippen LogP contribution is 2.11. The van der Waals surface area contributed by atoms with Gasteiger partial charge in [0.1, 0.15) is 6.17 Å². The summed E-state index contributed by atoms with van der Waals surface area (Å²) < 4.78 is 0. The van der Waals surface area contributed by atoms with Gasteiger partial charge in [-0.05, 0) is 26.0 Å². The Balaban J connectivity index is 2.50. The first-order chi connectivity index (χ1) is 5.74. The van der Waals surface area contributed by atoms with Crippen molar-refractivity contribution in [1.29, 1.82) is 0 Å². The van der Waals surface area contributed by atoms with Crippen LogP contribution in [0.5, 0.6) is 0 Å². The Kier molecular flexibility index (Phi) is 2.96. The van der Waals surface area contributed by atoms with Crippen molar-refractivity contribution >= 4 is 6.03 Å². The van der Waals surface area contributed by atoms with Crippen molar-refractivity contribution < 1.29 is 4.79 Å². The number of nitrogens with zero attached hydrogens (tertiary/aromatic N) is 1. The van der Waals surface area contributed by atoms with Crippen LogP contribution < -0.4 is 11.1 Å². The number of hydrogen-bond donors (Lipinski definition) is 2. The SMILES string of the molecule is CCN1C=CCCC1NC(N)=O. The molecule has 0 aromatic carbocycles. The summed E-state index contributed by atoms with van der Waals surface area (Å²) in [6.45, 7) is 2.94. The molecule has 1 aliphatic rings. The van der Waals surface area contributed by atoms with Crippen LogP contribution in [0.25, 0.3) is 0 Å². The fourth-order valence-corrected chi connectivity index (χ4v) is 1.38. The van der Waals surface area contributed by atoms with Gasteiger partial charge in [0, 0.05) is 6.54 Å². The molecule has 0 saturated carbocycles. The second-order valence-electron chi connectivity index (χ2n) is 2.82. The minimum atomic E-state index is -0.450. The third-order valence-corrected chi connectivity index (χ3v) is 1.98. The van der Waals surface area contributed by atoms with Gasteiger partial charge in [-0.2, -0.15) is 0 Å². The van der Waals surface area contributed by atoms with Crippen molar-refractivity contribution in [2.45, 2.75) is 25.9 Å². The van der Waals surface area contributed by atoms with E-state index in [1.165, 1.54) is 0 Å². The molecule has 12 heavy (non-hydrogen) atoms. The molecule has 4 heteroatoms. The molecule has 4 nitrogen and oxygen atoms in total. The zero-order valence-electron chi connectivity index (χ0n) is 7.29. The van der Waals surface area contributed by atoms with Crippen molar-refractivity contribution in [2.75, 3.05) is 6.54 Å². The number of primary amides is 1. The van der Waals surface area contributed by atoms with Crippen LogP contribution in [0.2, 0.25) is 0 Å². The molecule has 0 aliphatic carbocycles. The number of carbonyl (C=O) groups excluding carboxylic acids is 1. The molecular formula is C8H15N3O. The van der Waals surface area contributed by atoms with Gasteiger partial charge in [-0.1, -0.05) is 6.08 Å². The lowest BCUT2D eigenvalue weighted by atomic mass is 10.2. The summed E-state index contributed by atoms with van der Waals surface area (Å²) in [5.41, 5.74) is 5.04. The van der Waals surface area contributed by atoms with Gasteiger partial charge in [0.25, 0.3) is 0 Å². The molecule has 1 aliphatic heterocycles. The van der Waals surface area contributed by atoms with Crippen molar-refractivity contribution in [3.05, 3.63) is 12.3 Å². The highest BCUT2D eigenvalue weighted by molar-refractivity contribution is 5.71. The predicted octanol–water partition coefficient (Wildman–Crippen LogP) is 0.610. The first-order valence-electron chi connectivity index (χ1n) is 4.22. The van der Waals surface area contributed by atoms with Crippen LogP contribution in [0.1, 0.15) is 19.8 Å². The number of amides is 2. The maximum Gasteiger partial charge on any atom is 0.313 e. The second-order valence-corrected chi connectivity index (χ2v) is 2.82. The number of rotatable bonds is 2. The van der Waals surface area contributed by atoms with Crippen LogP contribution in [0.4, 0.5) is 4.79 Å². The van der Waals surface area contributed by atoms with E-state index in [4.69, 9.17) is 5.73 Å². The molecule has 68 valence electrons. The highest BCUT2D eigenvalue weighted by atomic mass is 16.2. The first kappa shape index (κ1) is 8.90. The number of hydrogen-bond acceptors (Lipinski definition) is 2. The number of allylic oxidation sites excluding steroid dienone is 1.